The fourth-order valence-electron chi connectivity index (χ4n) is 4.04. The van der Waals surface area contributed by atoms with Gasteiger partial charge in [-0.15, -0.1) is 0 Å². The van der Waals surface area contributed by atoms with Crippen molar-refractivity contribution in [3.63, 3.8) is 0 Å². The smallest absolute Gasteiger partial charge is 0.338 e. The van der Waals surface area contributed by atoms with E-state index in [1.54, 1.807) is 91.0 Å². The van der Waals surface area contributed by atoms with E-state index in [1.807, 2.05) is 0 Å². The largest absolute Gasteiger partial charge is 0.453 e. The number of benzene rings is 3. The molecule has 0 saturated carbocycles. The molecular weight excluding hydrogens is 452 g/mol. The molecule has 0 radical (unpaired) electrons. The minimum Gasteiger partial charge on any atom is -0.453 e. The number of carbonyl (C=O) groups is 3. The van der Waals surface area contributed by atoms with Gasteiger partial charge in [-0.25, -0.2) is 14.4 Å². The molecule has 5 rings (SSSR count). The molecule has 0 unspecified atom stereocenters. The van der Waals surface area contributed by atoms with E-state index in [0.29, 0.717) is 16.7 Å². The third-order valence-electron chi connectivity index (χ3n) is 5.77. The van der Waals surface area contributed by atoms with Crippen LogP contribution in [-0.4, -0.2) is 55.2 Å². The number of hydrogen-bond acceptors (Lipinski definition) is 8. The molecule has 2 aliphatic heterocycles. The van der Waals surface area contributed by atoms with E-state index in [0.717, 1.165) is 0 Å². The van der Waals surface area contributed by atoms with E-state index >= 15 is 0 Å². The SMILES string of the molecule is O=C(O[C@H]1[C@H](OC(=O)c2ccccc2)[C@H]2OC[C@@H](OC(=O)c3ccccc3)[C@H]1O2)c1ccccc1. The van der Waals surface area contributed by atoms with Crippen LogP contribution in [0.25, 0.3) is 0 Å². The van der Waals surface area contributed by atoms with Crippen LogP contribution >= 0.6 is 0 Å². The fraction of sp³-hybridized carbons (Fsp3) is 0.222. The molecule has 2 heterocycles. The number of hydrogen-bond donors (Lipinski definition) is 0. The molecule has 0 N–H and O–H groups in total. The van der Waals surface area contributed by atoms with Crippen molar-refractivity contribution in [3.05, 3.63) is 108 Å². The van der Waals surface area contributed by atoms with Crippen molar-refractivity contribution < 1.29 is 38.1 Å². The predicted octanol–water partition coefficient (Wildman–Crippen LogP) is 3.42. The van der Waals surface area contributed by atoms with Crippen LogP contribution in [0.15, 0.2) is 91.0 Å². The first-order chi connectivity index (χ1) is 17.1. The number of rotatable bonds is 6. The second-order valence-electron chi connectivity index (χ2n) is 8.08. The van der Waals surface area contributed by atoms with E-state index in [4.69, 9.17) is 23.7 Å². The van der Waals surface area contributed by atoms with Crippen LogP contribution < -0.4 is 0 Å². The first-order valence-corrected chi connectivity index (χ1v) is 11.2. The Morgan fingerprint density at radius 2 is 1.03 bits per heavy atom. The lowest BCUT2D eigenvalue weighted by Crippen LogP contribution is -2.46. The van der Waals surface area contributed by atoms with Crippen LogP contribution in [-0.2, 0) is 23.7 Å². The number of ether oxygens (including phenoxy) is 5. The molecular formula is C27H22O8. The van der Waals surface area contributed by atoms with Gasteiger partial charge in [-0.3, -0.25) is 0 Å². The molecule has 2 saturated heterocycles. The summed E-state index contributed by atoms with van der Waals surface area (Å²) in [5.41, 5.74) is 1.01. The Kier molecular flexibility index (Phi) is 6.56. The minimum atomic E-state index is -1.06. The molecule has 0 amide bonds. The van der Waals surface area contributed by atoms with Crippen molar-refractivity contribution in [2.45, 2.75) is 30.7 Å². The highest BCUT2D eigenvalue weighted by Crippen LogP contribution is 2.36. The molecule has 2 bridgehead atoms. The van der Waals surface area contributed by atoms with Gasteiger partial charge >= 0.3 is 17.9 Å². The topological polar surface area (TPSA) is 97.4 Å². The van der Waals surface area contributed by atoms with Crippen molar-refractivity contribution in [1.29, 1.82) is 0 Å². The van der Waals surface area contributed by atoms with Crippen molar-refractivity contribution >= 4 is 17.9 Å². The summed E-state index contributed by atoms with van der Waals surface area (Å²) in [6, 6.07) is 25.3. The highest BCUT2D eigenvalue weighted by molar-refractivity contribution is 5.91. The summed E-state index contributed by atoms with van der Waals surface area (Å²) in [5, 5.41) is 0. The molecule has 0 aliphatic carbocycles. The summed E-state index contributed by atoms with van der Waals surface area (Å²) >= 11 is 0. The summed E-state index contributed by atoms with van der Waals surface area (Å²) in [5.74, 6) is -1.81. The molecule has 3 aromatic carbocycles. The normalized spacial score (nSPS) is 24.9. The molecule has 0 aromatic heterocycles. The Labute approximate surface area is 201 Å². The predicted molar refractivity (Wildman–Crippen MR) is 122 cm³/mol. The van der Waals surface area contributed by atoms with Crippen LogP contribution in [0.3, 0.4) is 0 Å². The van der Waals surface area contributed by atoms with Gasteiger partial charge in [0.25, 0.3) is 0 Å². The van der Waals surface area contributed by atoms with Gasteiger partial charge in [-0.1, -0.05) is 54.6 Å². The maximum absolute atomic E-state index is 12.9. The van der Waals surface area contributed by atoms with Gasteiger partial charge in [0.15, 0.2) is 24.6 Å². The van der Waals surface area contributed by atoms with Crippen molar-refractivity contribution in [3.8, 4) is 0 Å². The maximum Gasteiger partial charge on any atom is 0.338 e. The number of carbonyl (C=O) groups excluding carboxylic acids is 3. The van der Waals surface area contributed by atoms with Crippen LogP contribution in [0.5, 0.6) is 0 Å². The Bertz CT molecular complexity index is 1180. The molecule has 5 atom stereocenters. The third-order valence-corrected chi connectivity index (χ3v) is 5.77. The molecule has 178 valence electrons. The highest BCUT2D eigenvalue weighted by Gasteiger charge is 2.57. The van der Waals surface area contributed by atoms with Gasteiger partial charge < -0.3 is 23.7 Å². The van der Waals surface area contributed by atoms with E-state index in [1.165, 1.54) is 0 Å². The molecule has 8 heteroatoms. The van der Waals surface area contributed by atoms with Crippen molar-refractivity contribution in [2.75, 3.05) is 6.61 Å². The Hall–Kier alpha value is -4.01. The summed E-state index contributed by atoms with van der Waals surface area (Å²) in [6.07, 6.45) is -4.86. The molecule has 2 fully saturated rings. The third kappa shape index (κ3) is 4.94. The van der Waals surface area contributed by atoms with Gasteiger partial charge in [-0.2, -0.15) is 0 Å². The zero-order valence-electron chi connectivity index (χ0n) is 18.5. The van der Waals surface area contributed by atoms with E-state index in [2.05, 4.69) is 0 Å². The first-order valence-electron chi connectivity index (χ1n) is 11.2. The molecule has 2 aliphatic rings. The van der Waals surface area contributed by atoms with Gasteiger partial charge in [0.1, 0.15) is 6.10 Å². The zero-order chi connectivity index (χ0) is 24.2. The van der Waals surface area contributed by atoms with E-state index in [9.17, 15) is 14.4 Å². The zero-order valence-corrected chi connectivity index (χ0v) is 18.5. The Morgan fingerprint density at radius 3 is 1.51 bits per heavy atom. The van der Waals surface area contributed by atoms with Crippen LogP contribution in [0.2, 0.25) is 0 Å². The van der Waals surface area contributed by atoms with E-state index < -0.39 is 48.6 Å². The lowest BCUT2D eigenvalue weighted by atomic mass is 10.1. The van der Waals surface area contributed by atoms with Crippen molar-refractivity contribution in [2.24, 2.45) is 0 Å². The average molecular weight is 474 g/mol. The summed E-state index contributed by atoms with van der Waals surface area (Å²) in [6.45, 7) is -0.00726. The van der Waals surface area contributed by atoms with Crippen LogP contribution in [0, 0.1) is 0 Å². The molecule has 8 nitrogen and oxygen atoms in total. The van der Waals surface area contributed by atoms with Gasteiger partial charge in [0, 0.05) is 0 Å². The van der Waals surface area contributed by atoms with Gasteiger partial charge in [0.2, 0.25) is 0 Å². The molecule has 0 spiro atoms. The standard InChI is InChI=1S/C27H22O8/c28-24(17-10-4-1-5-11-17)32-20-16-31-27-23(34-26(30)19-14-8-3-9-15-19)22(21(20)35-27)33-25(29)18-12-6-2-7-13-18/h1-15,20-23,27H,16H2/t20-,21-,22-,23+,27+/m1/s1. The summed E-state index contributed by atoms with van der Waals surface area (Å²) in [4.78, 5) is 38.3. The molecule has 35 heavy (non-hydrogen) atoms. The molecule has 3 aromatic rings. The van der Waals surface area contributed by atoms with Crippen LogP contribution in [0.4, 0.5) is 0 Å². The highest BCUT2D eigenvalue weighted by atomic mass is 16.8. The summed E-state index contributed by atoms with van der Waals surface area (Å²) < 4.78 is 28.7. The minimum absolute atomic E-state index is 0.00726. The van der Waals surface area contributed by atoms with E-state index in [-0.39, 0.29) is 6.61 Å². The lowest BCUT2D eigenvalue weighted by molar-refractivity contribution is -0.233. The van der Waals surface area contributed by atoms with Gasteiger partial charge in [-0.05, 0) is 36.4 Å². The first kappa shape index (κ1) is 22.8. The monoisotopic (exact) mass is 474 g/mol. The van der Waals surface area contributed by atoms with Gasteiger partial charge in [0.05, 0.1) is 23.3 Å². The Balaban J connectivity index is 1.38. The van der Waals surface area contributed by atoms with Crippen molar-refractivity contribution in [1.82, 2.24) is 0 Å². The van der Waals surface area contributed by atoms with Crippen LogP contribution in [0.1, 0.15) is 31.1 Å². The number of fused-ring (bicyclic) bond motifs is 2. The second-order valence-corrected chi connectivity index (χ2v) is 8.08. The quantitative estimate of drug-likeness (QED) is 0.396. The maximum atomic E-state index is 12.9. The summed E-state index contributed by atoms with van der Waals surface area (Å²) in [7, 11) is 0. The Morgan fingerprint density at radius 1 is 0.600 bits per heavy atom. The second kappa shape index (κ2) is 10.1. The lowest BCUT2D eigenvalue weighted by Gasteiger charge is -2.29. The average Bonchev–Trinajstić information content (AvgIpc) is 3.18. The fourth-order valence-corrected chi connectivity index (χ4v) is 4.04. The number of esters is 3.